The minimum atomic E-state index is 0. The zero-order chi connectivity index (χ0) is 9.26. The van der Waals surface area contributed by atoms with Crippen molar-refractivity contribution in [3.05, 3.63) is 34.7 Å². The summed E-state index contributed by atoms with van der Waals surface area (Å²) in [6.45, 7) is 2.01. The maximum atomic E-state index is 5.59. The number of thiazole rings is 1. The van der Waals surface area contributed by atoms with E-state index in [4.69, 9.17) is 5.73 Å². The number of hydrogen-bond donors (Lipinski definition) is 1. The van der Waals surface area contributed by atoms with E-state index in [0.29, 0.717) is 0 Å². The van der Waals surface area contributed by atoms with Crippen molar-refractivity contribution in [1.82, 2.24) is 4.98 Å². The molecule has 0 atom stereocenters. The summed E-state index contributed by atoms with van der Waals surface area (Å²) >= 11 is 1.66. The van der Waals surface area contributed by atoms with Crippen LogP contribution in [0, 0.1) is 6.92 Å². The van der Waals surface area contributed by atoms with Crippen LogP contribution in [0.2, 0.25) is 0 Å². The first-order valence-corrected chi connectivity index (χ1v) is 4.92. The molecule has 0 saturated heterocycles. The molecule has 2 rings (SSSR count). The SMILES string of the molecule is Cc1nc(-c2ccc(N)cc2)cs1.Cl.Cl. The van der Waals surface area contributed by atoms with Gasteiger partial charge >= 0.3 is 0 Å². The lowest BCUT2D eigenvalue weighted by atomic mass is 10.1. The van der Waals surface area contributed by atoms with Gasteiger partial charge in [0.2, 0.25) is 0 Å². The maximum absolute atomic E-state index is 5.59. The van der Waals surface area contributed by atoms with E-state index in [1.54, 1.807) is 11.3 Å². The molecule has 0 aliphatic heterocycles. The van der Waals surface area contributed by atoms with Crippen LogP contribution in [-0.4, -0.2) is 4.98 Å². The summed E-state index contributed by atoms with van der Waals surface area (Å²) in [5.74, 6) is 0. The highest BCUT2D eigenvalue weighted by Gasteiger charge is 2.00. The van der Waals surface area contributed by atoms with Crippen LogP contribution in [0.15, 0.2) is 29.6 Å². The average Bonchev–Trinajstić information content (AvgIpc) is 2.53. The zero-order valence-corrected chi connectivity index (χ0v) is 10.6. The number of halogens is 2. The Morgan fingerprint density at radius 1 is 1.13 bits per heavy atom. The number of nitrogen functional groups attached to an aromatic ring is 1. The lowest BCUT2D eigenvalue weighted by Gasteiger charge is -1.96. The van der Waals surface area contributed by atoms with Gasteiger partial charge in [0.05, 0.1) is 10.7 Å². The van der Waals surface area contributed by atoms with Gasteiger partial charge in [-0.25, -0.2) is 4.98 Å². The molecule has 15 heavy (non-hydrogen) atoms. The third-order valence-electron chi connectivity index (χ3n) is 1.83. The minimum Gasteiger partial charge on any atom is -0.399 e. The van der Waals surface area contributed by atoms with E-state index < -0.39 is 0 Å². The third-order valence-corrected chi connectivity index (χ3v) is 2.60. The van der Waals surface area contributed by atoms with Crippen LogP contribution in [0.25, 0.3) is 11.3 Å². The fourth-order valence-electron chi connectivity index (χ4n) is 1.15. The van der Waals surface area contributed by atoms with Gasteiger partial charge in [0.1, 0.15) is 0 Å². The van der Waals surface area contributed by atoms with E-state index in [1.165, 1.54) is 0 Å². The molecule has 2 N–H and O–H groups in total. The van der Waals surface area contributed by atoms with Crippen molar-refractivity contribution in [3.63, 3.8) is 0 Å². The van der Waals surface area contributed by atoms with Crippen molar-refractivity contribution in [1.29, 1.82) is 0 Å². The Hall–Kier alpha value is -0.770. The van der Waals surface area contributed by atoms with Crippen molar-refractivity contribution in [2.45, 2.75) is 6.92 Å². The summed E-state index contributed by atoms with van der Waals surface area (Å²) in [7, 11) is 0. The quantitative estimate of drug-likeness (QED) is 0.799. The van der Waals surface area contributed by atoms with E-state index in [1.807, 2.05) is 31.2 Å². The van der Waals surface area contributed by atoms with E-state index in [2.05, 4.69) is 10.4 Å². The second kappa shape index (κ2) is 5.95. The molecular formula is C10H12Cl2N2S. The Morgan fingerprint density at radius 3 is 2.20 bits per heavy atom. The summed E-state index contributed by atoms with van der Waals surface area (Å²) in [5.41, 5.74) is 8.53. The standard InChI is InChI=1S/C10H10N2S.2ClH/c1-7-12-10(6-13-7)8-2-4-9(11)5-3-8;;/h2-6H,11H2,1H3;2*1H. The number of anilines is 1. The molecule has 5 heteroatoms. The second-order valence-electron chi connectivity index (χ2n) is 2.87. The summed E-state index contributed by atoms with van der Waals surface area (Å²) in [6.07, 6.45) is 0. The van der Waals surface area contributed by atoms with E-state index in [9.17, 15) is 0 Å². The molecule has 82 valence electrons. The van der Waals surface area contributed by atoms with Gasteiger partial charge in [0.15, 0.2) is 0 Å². The number of hydrogen-bond acceptors (Lipinski definition) is 3. The minimum absolute atomic E-state index is 0. The van der Waals surface area contributed by atoms with E-state index >= 15 is 0 Å². The Bertz CT molecular complexity index is 412. The second-order valence-corrected chi connectivity index (χ2v) is 3.94. The van der Waals surface area contributed by atoms with Crippen LogP contribution in [-0.2, 0) is 0 Å². The molecule has 0 saturated carbocycles. The molecule has 2 nitrogen and oxygen atoms in total. The fraction of sp³-hybridized carbons (Fsp3) is 0.100. The van der Waals surface area contributed by atoms with Crippen molar-refractivity contribution in [2.75, 3.05) is 5.73 Å². The van der Waals surface area contributed by atoms with Gasteiger partial charge in [-0.2, -0.15) is 0 Å². The van der Waals surface area contributed by atoms with Crippen molar-refractivity contribution < 1.29 is 0 Å². The van der Waals surface area contributed by atoms with Gasteiger partial charge in [-0.05, 0) is 19.1 Å². The monoisotopic (exact) mass is 262 g/mol. The number of benzene rings is 1. The van der Waals surface area contributed by atoms with Gasteiger partial charge in [-0.1, -0.05) is 12.1 Å². The van der Waals surface area contributed by atoms with Crippen molar-refractivity contribution >= 4 is 41.8 Å². The smallest absolute Gasteiger partial charge is 0.0901 e. The molecule has 1 aromatic carbocycles. The first-order chi connectivity index (χ1) is 6.25. The van der Waals surface area contributed by atoms with Crippen LogP contribution in [0.5, 0.6) is 0 Å². The van der Waals surface area contributed by atoms with E-state index in [-0.39, 0.29) is 24.8 Å². The number of nitrogens with zero attached hydrogens (tertiary/aromatic N) is 1. The number of aryl methyl sites for hydroxylation is 1. The zero-order valence-electron chi connectivity index (χ0n) is 8.14. The molecule has 1 aromatic heterocycles. The topological polar surface area (TPSA) is 38.9 Å². The van der Waals surface area contributed by atoms with Crippen molar-refractivity contribution in [3.8, 4) is 11.3 Å². The largest absolute Gasteiger partial charge is 0.399 e. The highest BCUT2D eigenvalue weighted by molar-refractivity contribution is 7.09. The van der Waals surface area contributed by atoms with Crippen LogP contribution in [0.3, 0.4) is 0 Å². The summed E-state index contributed by atoms with van der Waals surface area (Å²) in [6, 6.07) is 7.77. The molecule has 0 fully saturated rings. The summed E-state index contributed by atoms with van der Waals surface area (Å²) in [4.78, 5) is 4.39. The first-order valence-electron chi connectivity index (χ1n) is 4.04. The predicted octanol–water partition coefficient (Wildman–Crippen LogP) is 3.54. The molecule has 0 aliphatic rings. The van der Waals surface area contributed by atoms with Crippen LogP contribution < -0.4 is 5.73 Å². The Balaban J connectivity index is 0.000000980. The first kappa shape index (κ1) is 14.2. The molecular weight excluding hydrogens is 251 g/mol. The molecule has 0 unspecified atom stereocenters. The lowest BCUT2D eigenvalue weighted by Crippen LogP contribution is -1.83. The highest BCUT2D eigenvalue weighted by Crippen LogP contribution is 2.21. The van der Waals surface area contributed by atoms with Gasteiger partial charge in [0, 0.05) is 16.6 Å². The van der Waals surface area contributed by atoms with Crippen LogP contribution in [0.1, 0.15) is 5.01 Å². The third kappa shape index (κ3) is 3.38. The fourth-order valence-corrected chi connectivity index (χ4v) is 1.77. The molecule has 0 spiro atoms. The van der Waals surface area contributed by atoms with E-state index in [0.717, 1.165) is 22.0 Å². The molecule has 1 heterocycles. The number of aromatic nitrogens is 1. The highest BCUT2D eigenvalue weighted by atomic mass is 35.5. The predicted molar refractivity (Wildman–Crippen MR) is 71.2 cm³/mol. The molecule has 0 radical (unpaired) electrons. The normalized spacial score (nSPS) is 8.87. The van der Waals surface area contributed by atoms with Gasteiger partial charge < -0.3 is 5.73 Å². The van der Waals surface area contributed by atoms with Crippen molar-refractivity contribution in [2.24, 2.45) is 0 Å². The molecule has 0 bridgehead atoms. The molecule has 0 amide bonds. The molecule has 2 aromatic rings. The lowest BCUT2D eigenvalue weighted by molar-refractivity contribution is 1.30. The summed E-state index contributed by atoms with van der Waals surface area (Å²) < 4.78 is 0. The Labute approximate surface area is 105 Å². The molecule has 0 aliphatic carbocycles. The average molecular weight is 263 g/mol. The summed E-state index contributed by atoms with van der Waals surface area (Å²) in [5, 5.41) is 3.15. The van der Waals surface area contributed by atoms with Gasteiger partial charge in [-0.3, -0.25) is 0 Å². The number of rotatable bonds is 1. The van der Waals surface area contributed by atoms with Crippen LogP contribution >= 0.6 is 36.2 Å². The number of nitrogens with two attached hydrogens (primary N) is 1. The van der Waals surface area contributed by atoms with Crippen LogP contribution in [0.4, 0.5) is 5.69 Å². The van der Waals surface area contributed by atoms with Gasteiger partial charge in [0.25, 0.3) is 0 Å². The Kier molecular flexibility index (Phi) is 5.65. The van der Waals surface area contributed by atoms with Gasteiger partial charge in [-0.15, -0.1) is 36.2 Å². The maximum Gasteiger partial charge on any atom is 0.0901 e. The Morgan fingerprint density at radius 2 is 1.73 bits per heavy atom.